The molecule has 1 fully saturated rings. The monoisotopic (exact) mass is 506 g/mol. The molecule has 1 aliphatic rings. The van der Waals surface area contributed by atoms with E-state index in [4.69, 9.17) is 16.3 Å². The van der Waals surface area contributed by atoms with Crippen LogP contribution in [0.25, 0.3) is 10.9 Å². The third-order valence-electron chi connectivity index (χ3n) is 6.66. The maximum atomic E-state index is 13.3. The molecule has 1 aromatic carbocycles. The van der Waals surface area contributed by atoms with Crippen molar-refractivity contribution in [2.24, 2.45) is 11.8 Å². The molecular formula is C26H35ClN2O4S. The number of hydrogen-bond acceptors (Lipinski definition) is 6. The normalized spacial score (nSPS) is 18.8. The molecule has 1 N–H and O–H groups in total. The fourth-order valence-corrected chi connectivity index (χ4v) is 6.08. The number of hydrogen-bond donors (Lipinski definition) is 1. The molecule has 186 valence electrons. The number of carbonyl (C=O) groups is 2. The molecule has 2 aromatic rings. The van der Waals surface area contributed by atoms with Gasteiger partial charge < -0.3 is 14.7 Å². The van der Waals surface area contributed by atoms with Crippen molar-refractivity contribution in [1.29, 1.82) is 0 Å². The van der Waals surface area contributed by atoms with Crippen molar-refractivity contribution in [3.8, 4) is 5.75 Å². The molecule has 0 saturated carbocycles. The largest absolute Gasteiger partial charge is 0.497 e. The van der Waals surface area contributed by atoms with Gasteiger partial charge in [-0.3, -0.25) is 14.6 Å². The average Bonchev–Trinajstić information content (AvgIpc) is 2.82. The van der Waals surface area contributed by atoms with Gasteiger partial charge in [0.05, 0.1) is 17.6 Å². The number of benzene rings is 1. The van der Waals surface area contributed by atoms with Crippen LogP contribution in [0.3, 0.4) is 0 Å². The molecule has 0 amide bonds. The number of ether oxygens (including phenoxy) is 1. The summed E-state index contributed by atoms with van der Waals surface area (Å²) >= 11 is 8.38. The predicted molar refractivity (Wildman–Crippen MR) is 139 cm³/mol. The van der Waals surface area contributed by atoms with E-state index < -0.39 is 5.97 Å². The van der Waals surface area contributed by atoms with Crippen LogP contribution in [-0.2, 0) is 4.79 Å². The fraction of sp³-hybridized carbons (Fsp3) is 0.577. The number of carbonyl (C=O) groups excluding carboxylic acids is 1. The molecule has 3 rings (SSSR count). The number of fused-ring (bicyclic) bond motifs is 1. The standard InChI is InChI=1S/C26H35ClN2O4S/c1-3-4-12-34-13-11-29-10-9-18(19(17-29)14-25(31)32)5-8-24(30)26-21-15-20(33-2)6-7-23(21)28-16-22(26)27/h6-7,15-16,18-19H,3-5,8-14,17H2,1-2H3,(H,31,32)/t18-,19+/m1/s1. The van der Waals surface area contributed by atoms with Gasteiger partial charge in [0, 0.05) is 48.8 Å². The molecule has 0 spiro atoms. The topological polar surface area (TPSA) is 79.7 Å². The molecule has 1 aliphatic heterocycles. The minimum Gasteiger partial charge on any atom is -0.497 e. The summed E-state index contributed by atoms with van der Waals surface area (Å²) in [5.41, 5.74) is 1.17. The lowest BCUT2D eigenvalue weighted by Crippen LogP contribution is -2.42. The van der Waals surface area contributed by atoms with E-state index in [2.05, 4.69) is 16.8 Å². The van der Waals surface area contributed by atoms with Crippen LogP contribution in [0.15, 0.2) is 24.4 Å². The number of nitrogens with zero attached hydrogens (tertiary/aromatic N) is 2. The van der Waals surface area contributed by atoms with Gasteiger partial charge in [-0.15, -0.1) is 0 Å². The Morgan fingerprint density at radius 1 is 1.29 bits per heavy atom. The van der Waals surface area contributed by atoms with E-state index in [9.17, 15) is 14.7 Å². The molecule has 8 heteroatoms. The SMILES string of the molecule is CCCCSCCN1CC[C@@H](CCC(=O)c2c(Cl)cnc3ccc(OC)cc23)[C@@H](CC(=O)O)C1. The summed E-state index contributed by atoms with van der Waals surface area (Å²) in [5.74, 6) is 2.39. The van der Waals surface area contributed by atoms with Crippen LogP contribution >= 0.6 is 23.4 Å². The summed E-state index contributed by atoms with van der Waals surface area (Å²) in [6.07, 6.45) is 6.05. The lowest BCUT2D eigenvalue weighted by atomic mass is 9.79. The zero-order chi connectivity index (χ0) is 24.5. The minimum atomic E-state index is -0.768. The lowest BCUT2D eigenvalue weighted by Gasteiger charge is -2.38. The third-order valence-corrected chi connectivity index (χ3v) is 7.99. The highest BCUT2D eigenvalue weighted by Crippen LogP contribution is 2.33. The van der Waals surface area contributed by atoms with Crippen molar-refractivity contribution < 1.29 is 19.4 Å². The van der Waals surface area contributed by atoms with Gasteiger partial charge in [-0.05, 0) is 61.6 Å². The van der Waals surface area contributed by atoms with Crippen molar-refractivity contribution in [1.82, 2.24) is 9.88 Å². The summed E-state index contributed by atoms with van der Waals surface area (Å²) in [7, 11) is 1.58. The van der Waals surface area contributed by atoms with E-state index in [1.165, 1.54) is 24.8 Å². The number of piperidine rings is 1. The van der Waals surface area contributed by atoms with Crippen molar-refractivity contribution in [2.45, 2.75) is 45.4 Å². The Labute approximate surface area is 211 Å². The number of carboxylic acids is 1. The summed E-state index contributed by atoms with van der Waals surface area (Å²) in [6, 6.07) is 5.43. The first kappa shape index (κ1) is 26.8. The van der Waals surface area contributed by atoms with E-state index in [-0.39, 0.29) is 24.0 Å². The van der Waals surface area contributed by atoms with Gasteiger partial charge in [-0.1, -0.05) is 24.9 Å². The molecule has 0 radical (unpaired) electrons. The number of likely N-dealkylation sites (tertiary alicyclic amines) is 1. The first-order valence-corrected chi connectivity index (χ1v) is 13.6. The Kier molecular flexibility index (Phi) is 10.5. The van der Waals surface area contributed by atoms with Gasteiger partial charge in [-0.2, -0.15) is 11.8 Å². The second-order valence-corrected chi connectivity index (χ2v) is 10.6. The van der Waals surface area contributed by atoms with E-state index in [0.29, 0.717) is 40.1 Å². The van der Waals surface area contributed by atoms with E-state index in [1.54, 1.807) is 13.2 Å². The summed E-state index contributed by atoms with van der Waals surface area (Å²) in [5, 5.41) is 10.5. The zero-order valence-electron chi connectivity index (χ0n) is 20.1. The Morgan fingerprint density at radius 2 is 2.12 bits per heavy atom. The van der Waals surface area contributed by atoms with Gasteiger partial charge >= 0.3 is 5.97 Å². The van der Waals surface area contributed by atoms with Crippen LogP contribution in [0, 0.1) is 11.8 Å². The first-order chi connectivity index (χ1) is 16.4. The predicted octanol–water partition coefficient (Wildman–Crippen LogP) is 5.81. The number of aromatic nitrogens is 1. The van der Waals surface area contributed by atoms with Crippen molar-refractivity contribution in [2.75, 3.05) is 38.2 Å². The molecule has 0 aliphatic carbocycles. The number of thioether (sulfide) groups is 1. The quantitative estimate of drug-likeness (QED) is 0.271. The van der Waals surface area contributed by atoms with Gasteiger partial charge in [0.15, 0.2) is 5.78 Å². The number of Topliss-reactive ketones (excluding diaryl/α,β-unsaturated/α-hetero) is 1. The minimum absolute atomic E-state index is 0.0329. The van der Waals surface area contributed by atoms with Crippen LogP contribution in [0.5, 0.6) is 5.75 Å². The first-order valence-electron chi connectivity index (χ1n) is 12.1. The van der Waals surface area contributed by atoms with Crippen molar-refractivity contribution in [3.63, 3.8) is 0 Å². The lowest BCUT2D eigenvalue weighted by molar-refractivity contribution is -0.139. The maximum Gasteiger partial charge on any atom is 0.303 e. The number of halogens is 1. The van der Waals surface area contributed by atoms with Crippen LogP contribution < -0.4 is 4.74 Å². The molecule has 1 aromatic heterocycles. The van der Waals surface area contributed by atoms with Gasteiger partial charge in [0.1, 0.15) is 5.75 Å². The van der Waals surface area contributed by atoms with Crippen LogP contribution in [0.2, 0.25) is 5.02 Å². The maximum absolute atomic E-state index is 13.3. The second-order valence-electron chi connectivity index (χ2n) is 9.00. The molecule has 6 nitrogen and oxygen atoms in total. The van der Waals surface area contributed by atoms with Crippen molar-refractivity contribution in [3.05, 3.63) is 35.0 Å². The number of rotatable bonds is 13. The molecule has 0 bridgehead atoms. The smallest absolute Gasteiger partial charge is 0.303 e. The van der Waals surface area contributed by atoms with Crippen LogP contribution in [0.4, 0.5) is 0 Å². The van der Waals surface area contributed by atoms with E-state index in [0.717, 1.165) is 31.8 Å². The molecule has 34 heavy (non-hydrogen) atoms. The number of carboxylic acid groups (broad SMARTS) is 1. The molecule has 2 heterocycles. The molecular weight excluding hydrogens is 472 g/mol. The van der Waals surface area contributed by atoms with Crippen LogP contribution in [0.1, 0.15) is 55.8 Å². The number of ketones is 1. The van der Waals surface area contributed by atoms with Gasteiger partial charge in [0.25, 0.3) is 0 Å². The highest BCUT2D eigenvalue weighted by atomic mass is 35.5. The highest BCUT2D eigenvalue weighted by Gasteiger charge is 2.31. The van der Waals surface area contributed by atoms with Gasteiger partial charge in [-0.25, -0.2) is 0 Å². The summed E-state index contributed by atoms with van der Waals surface area (Å²) in [6.45, 7) is 4.94. The Hall–Kier alpha value is -1.83. The molecule has 2 atom stereocenters. The molecule has 0 unspecified atom stereocenters. The highest BCUT2D eigenvalue weighted by molar-refractivity contribution is 7.99. The van der Waals surface area contributed by atoms with Crippen molar-refractivity contribution >= 4 is 46.0 Å². The van der Waals surface area contributed by atoms with E-state index in [1.807, 2.05) is 23.9 Å². The summed E-state index contributed by atoms with van der Waals surface area (Å²) < 4.78 is 5.32. The second kappa shape index (κ2) is 13.3. The number of methoxy groups -OCH3 is 1. The Bertz CT molecular complexity index is 987. The zero-order valence-corrected chi connectivity index (χ0v) is 21.7. The number of pyridine rings is 1. The molecule has 1 saturated heterocycles. The fourth-order valence-electron chi connectivity index (χ4n) is 4.74. The van der Waals surface area contributed by atoms with E-state index >= 15 is 0 Å². The third kappa shape index (κ3) is 7.33. The summed E-state index contributed by atoms with van der Waals surface area (Å²) in [4.78, 5) is 31.5. The number of unbranched alkanes of at least 4 members (excludes halogenated alkanes) is 1. The average molecular weight is 507 g/mol. The van der Waals surface area contributed by atoms with Crippen LogP contribution in [-0.4, -0.2) is 65.0 Å². The Balaban J connectivity index is 1.64. The van der Waals surface area contributed by atoms with Gasteiger partial charge in [0.2, 0.25) is 0 Å². The number of aliphatic carboxylic acids is 1. The Morgan fingerprint density at radius 3 is 2.85 bits per heavy atom.